The second-order valence-electron chi connectivity index (χ2n) is 6.10. The van der Waals surface area contributed by atoms with Crippen molar-refractivity contribution in [1.82, 2.24) is 5.32 Å². The van der Waals surface area contributed by atoms with Crippen LogP contribution in [-0.4, -0.2) is 25.8 Å². The summed E-state index contributed by atoms with van der Waals surface area (Å²) in [6.45, 7) is 1.40. The van der Waals surface area contributed by atoms with E-state index in [4.69, 9.17) is 0 Å². The van der Waals surface area contributed by atoms with Gasteiger partial charge in [-0.1, -0.05) is 24.3 Å². The van der Waals surface area contributed by atoms with E-state index in [-0.39, 0.29) is 5.91 Å². The predicted molar refractivity (Wildman–Crippen MR) is 96.5 cm³/mol. The van der Waals surface area contributed by atoms with E-state index in [0.717, 1.165) is 24.2 Å². The van der Waals surface area contributed by atoms with E-state index < -0.39 is 11.6 Å². The molecule has 0 aliphatic rings. The highest BCUT2D eigenvalue weighted by Crippen LogP contribution is 2.21. The molecule has 0 saturated carbocycles. The maximum atomic E-state index is 13.1. The van der Waals surface area contributed by atoms with E-state index in [1.807, 2.05) is 18.2 Å². The first-order chi connectivity index (χ1) is 12.0. The Balaban J connectivity index is 1.78. The molecule has 0 unspecified atom stereocenters. The van der Waals surface area contributed by atoms with Crippen molar-refractivity contribution in [3.8, 4) is 0 Å². The Morgan fingerprint density at radius 3 is 2.48 bits per heavy atom. The van der Waals surface area contributed by atoms with Crippen molar-refractivity contribution in [1.29, 1.82) is 0 Å². The van der Waals surface area contributed by atoms with Crippen LogP contribution in [0.2, 0.25) is 0 Å². The summed E-state index contributed by atoms with van der Waals surface area (Å²) >= 11 is 1.33. The van der Waals surface area contributed by atoms with Gasteiger partial charge in [-0.15, -0.1) is 11.8 Å². The van der Waals surface area contributed by atoms with Crippen LogP contribution in [0, 0.1) is 11.6 Å². The Labute approximate surface area is 151 Å². The number of nitrogens with one attached hydrogen (secondary N) is 2. The van der Waals surface area contributed by atoms with Crippen molar-refractivity contribution in [3.05, 3.63) is 65.2 Å². The van der Waals surface area contributed by atoms with E-state index in [0.29, 0.717) is 23.6 Å². The molecule has 2 aromatic rings. The molecule has 0 aliphatic carbocycles. The van der Waals surface area contributed by atoms with Gasteiger partial charge in [-0.2, -0.15) is 0 Å². The Bertz CT molecular complexity index is 722. The average Bonchev–Trinajstić information content (AvgIpc) is 2.57. The molecule has 0 heterocycles. The van der Waals surface area contributed by atoms with Crippen LogP contribution in [0.1, 0.15) is 17.5 Å². The lowest BCUT2D eigenvalue weighted by molar-refractivity contribution is -0.872. The molecule has 25 heavy (non-hydrogen) atoms. The normalized spacial score (nSPS) is 10.9. The third-order valence-corrected chi connectivity index (χ3v) is 4.62. The highest BCUT2D eigenvalue weighted by Gasteiger charge is 2.08. The fourth-order valence-corrected chi connectivity index (χ4v) is 3.27. The maximum Gasteiger partial charge on any atom is 0.221 e. The fraction of sp³-hybridized carbons (Fsp3) is 0.316. The van der Waals surface area contributed by atoms with Crippen molar-refractivity contribution < 1.29 is 18.5 Å². The molecule has 0 fully saturated rings. The highest BCUT2D eigenvalue weighted by atomic mass is 32.2. The van der Waals surface area contributed by atoms with E-state index >= 15 is 0 Å². The lowest BCUT2D eigenvalue weighted by atomic mass is 10.1. The average molecular weight is 365 g/mol. The minimum Gasteiger partial charge on any atom is -0.352 e. The number of carbonyl (C=O) groups is 1. The molecule has 0 aromatic heterocycles. The van der Waals surface area contributed by atoms with Gasteiger partial charge in [0.25, 0.3) is 0 Å². The lowest BCUT2D eigenvalue weighted by Crippen LogP contribution is -3.04. The van der Waals surface area contributed by atoms with E-state index in [9.17, 15) is 13.6 Å². The Kier molecular flexibility index (Phi) is 7.40. The molecule has 2 N–H and O–H groups in total. The second-order valence-corrected chi connectivity index (χ2v) is 7.27. The van der Waals surface area contributed by atoms with Crippen LogP contribution in [0.4, 0.5) is 8.78 Å². The Morgan fingerprint density at radius 1 is 1.08 bits per heavy atom. The molecule has 2 aromatic carbocycles. The SMILES string of the molecule is C[NH+](C)Cc1ccccc1CNC(=O)CCSc1ccc(F)c(F)c1. The van der Waals surface area contributed by atoms with Gasteiger partial charge in [-0.05, 0) is 23.8 Å². The largest absolute Gasteiger partial charge is 0.352 e. The zero-order valence-electron chi connectivity index (χ0n) is 14.4. The number of hydrogen-bond acceptors (Lipinski definition) is 2. The number of halogens is 2. The molecular formula is C19H23F2N2OS+. The molecule has 0 radical (unpaired) electrons. The highest BCUT2D eigenvalue weighted by molar-refractivity contribution is 7.99. The third kappa shape index (κ3) is 6.48. The van der Waals surface area contributed by atoms with Gasteiger partial charge in [0.05, 0.1) is 14.1 Å². The summed E-state index contributed by atoms with van der Waals surface area (Å²) in [6, 6.07) is 11.8. The quantitative estimate of drug-likeness (QED) is 0.705. The van der Waals surface area contributed by atoms with Crippen LogP contribution in [0.25, 0.3) is 0 Å². The van der Waals surface area contributed by atoms with Gasteiger partial charge in [0.2, 0.25) is 5.91 Å². The van der Waals surface area contributed by atoms with E-state index in [2.05, 4.69) is 25.5 Å². The van der Waals surface area contributed by atoms with Crippen LogP contribution in [-0.2, 0) is 17.9 Å². The Hall–Kier alpha value is -1.92. The zero-order valence-corrected chi connectivity index (χ0v) is 15.3. The van der Waals surface area contributed by atoms with Crippen LogP contribution in [0.5, 0.6) is 0 Å². The second kappa shape index (κ2) is 9.53. The Morgan fingerprint density at radius 2 is 1.80 bits per heavy atom. The molecule has 1 amide bonds. The summed E-state index contributed by atoms with van der Waals surface area (Å²) in [5.41, 5.74) is 2.34. The van der Waals surface area contributed by atoms with Crippen molar-refractivity contribution in [2.45, 2.75) is 24.4 Å². The van der Waals surface area contributed by atoms with Gasteiger partial charge >= 0.3 is 0 Å². The minimum atomic E-state index is -0.867. The molecule has 134 valence electrons. The lowest BCUT2D eigenvalue weighted by Gasteiger charge is -2.13. The van der Waals surface area contributed by atoms with E-state index in [1.54, 1.807) is 0 Å². The number of benzene rings is 2. The number of quaternary nitrogens is 1. The van der Waals surface area contributed by atoms with E-state index in [1.165, 1.54) is 28.3 Å². The summed E-state index contributed by atoms with van der Waals surface area (Å²) in [5.74, 6) is -1.27. The van der Waals surface area contributed by atoms with Crippen LogP contribution in [0.15, 0.2) is 47.4 Å². The molecule has 0 aliphatic heterocycles. The molecule has 2 rings (SSSR count). The van der Waals surface area contributed by atoms with Crippen molar-refractivity contribution in [2.75, 3.05) is 19.8 Å². The summed E-state index contributed by atoms with van der Waals surface area (Å²) in [7, 11) is 4.18. The van der Waals surface area contributed by atoms with Crippen LogP contribution < -0.4 is 10.2 Å². The predicted octanol–water partition coefficient (Wildman–Crippen LogP) is 2.41. The van der Waals surface area contributed by atoms with Gasteiger partial charge in [0.15, 0.2) is 11.6 Å². The topological polar surface area (TPSA) is 33.5 Å². The first kappa shape index (κ1) is 19.4. The van der Waals surface area contributed by atoms with Gasteiger partial charge in [-0.3, -0.25) is 4.79 Å². The summed E-state index contributed by atoms with van der Waals surface area (Å²) in [5, 5.41) is 2.92. The fourth-order valence-electron chi connectivity index (χ4n) is 2.39. The monoisotopic (exact) mass is 365 g/mol. The molecule has 0 saturated heterocycles. The first-order valence-electron chi connectivity index (χ1n) is 8.16. The summed E-state index contributed by atoms with van der Waals surface area (Å²) in [4.78, 5) is 13.9. The van der Waals surface area contributed by atoms with Crippen LogP contribution >= 0.6 is 11.8 Å². The summed E-state index contributed by atoms with van der Waals surface area (Å²) in [6.07, 6.45) is 0.324. The zero-order chi connectivity index (χ0) is 18.2. The number of hydrogen-bond donors (Lipinski definition) is 2. The molecule has 0 spiro atoms. The maximum absolute atomic E-state index is 13.1. The molecule has 0 atom stereocenters. The number of carbonyl (C=O) groups excluding carboxylic acids is 1. The molecule has 6 heteroatoms. The van der Waals surface area contributed by atoms with Gasteiger partial charge in [0, 0.05) is 29.2 Å². The van der Waals surface area contributed by atoms with Gasteiger partial charge in [0.1, 0.15) is 6.54 Å². The molecule has 0 bridgehead atoms. The van der Waals surface area contributed by atoms with Crippen LogP contribution in [0.3, 0.4) is 0 Å². The third-order valence-electron chi connectivity index (χ3n) is 3.63. The van der Waals surface area contributed by atoms with Gasteiger partial charge < -0.3 is 10.2 Å². The number of thioether (sulfide) groups is 1. The first-order valence-corrected chi connectivity index (χ1v) is 9.14. The number of amides is 1. The van der Waals surface area contributed by atoms with Crippen molar-refractivity contribution in [3.63, 3.8) is 0 Å². The van der Waals surface area contributed by atoms with Crippen molar-refractivity contribution in [2.24, 2.45) is 0 Å². The molecular weight excluding hydrogens is 342 g/mol. The molecule has 3 nitrogen and oxygen atoms in total. The minimum absolute atomic E-state index is 0.0536. The van der Waals surface area contributed by atoms with Crippen molar-refractivity contribution >= 4 is 17.7 Å². The standard InChI is InChI=1S/C19H22F2N2OS/c1-23(2)13-15-6-4-3-5-14(15)12-22-19(24)9-10-25-16-7-8-17(20)18(21)11-16/h3-8,11H,9-10,12-13H2,1-2H3,(H,22,24)/p+1. The van der Waals surface area contributed by atoms with Gasteiger partial charge in [-0.25, -0.2) is 8.78 Å². The summed E-state index contributed by atoms with van der Waals surface area (Å²) < 4.78 is 26.0. The number of rotatable bonds is 8. The smallest absolute Gasteiger partial charge is 0.221 e.